The van der Waals surface area contributed by atoms with Crippen molar-refractivity contribution in [2.45, 2.75) is 78.9 Å². The molecule has 0 saturated heterocycles. The summed E-state index contributed by atoms with van der Waals surface area (Å²) >= 11 is 0. The van der Waals surface area contributed by atoms with Crippen molar-refractivity contribution in [3.05, 3.63) is 60.8 Å². The minimum absolute atomic E-state index is 0.156. The van der Waals surface area contributed by atoms with E-state index in [0.29, 0.717) is 11.1 Å². The molecule has 232 valence electrons. The Labute approximate surface area is 243 Å². The number of esters is 4. The fourth-order valence-electron chi connectivity index (χ4n) is 2.25. The molecule has 0 bridgehead atoms. The van der Waals surface area contributed by atoms with Gasteiger partial charge in [-0.1, -0.05) is 39.3 Å². The lowest BCUT2D eigenvalue weighted by Crippen LogP contribution is -2.25. The van der Waals surface area contributed by atoms with E-state index in [-0.39, 0.29) is 48.0 Å². The second kappa shape index (κ2) is 23.9. The highest BCUT2D eigenvalue weighted by Crippen LogP contribution is 2.20. The highest BCUT2D eigenvalue weighted by atomic mass is 16.6. The summed E-state index contributed by atoms with van der Waals surface area (Å²) in [7, 11) is 1.33. The third-order valence-electron chi connectivity index (χ3n) is 4.58. The number of methoxy groups -OCH3 is 1. The molecule has 0 aromatic carbocycles. The Morgan fingerprint density at radius 2 is 1.00 bits per heavy atom. The molecule has 0 spiro atoms. The number of ether oxygens (including phenoxy) is 4. The normalized spacial score (nSPS) is 11.7. The van der Waals surface area contributed by atoms with Gasteiger partial charge in [-0.2, -0.15) is 0 Å². The summed E-state index contributed by atoms with van der Waals surface area (Å²) in [5, 5.41) is 17.2. The van der Waals surface area contributed by atoms with Crippen molar-refractivity contribution in [2.75, 3.05) is 20.3 Å². The molecule has 0 atom stereocenters. The van der Waals surface area contributed by atoms with Gasteiger partial charge in [0.1, 0.15) is 25.4 Å². The number of carboxylic acids is 1. The number of rotatable bonds is 10. The van der Waals surface area contributed by atoms with Crippen LogP contribution in [0.5, 0.6) is 0 Å². The van der Waals surface area contributed by atoms with Crippen LogP contribution in [0.4, 0.5) is 0 Å². The predicted molar refractivity (Wildman–Crippen MR) is 155 cm³/mol. The molecule has 11 heteroatoms. The fourth-order valence-corrected chi connectivity index (χ4v) is 2.25. The average Bonchev–Trinajstić information content (AvgIpc) is 2.90. The number of carbonyl (C=O) groups excluding carboxylic acids is 4. The zero-order valence-electron chi connectivity index (χ0n) is 25.2. The maximum Gasteiger partial charge on any atom is 0.333 e. The van der Waals surface area contributed by atoms with E-state index >= 15 is 0 Å². The summed E-state index contributed by atoms with van der Waals surface area (Å²) in [6, 6.07) is 0. The molecule has 0 amide bonds. The summed E-state index contributed by atoms with van der Waals surface area (Å²) in [6.07, 6.45) is 4.82. The fraction of sp³-hybridized carbons (Fsp3) is 0.500. The predicted octanol–water partition coefficient (Wildman–Crippen LogP) is 4.41. The van der Waals surface area contributed by atoms with Crippen molar-refractivity contribution in [1.29, 1.82) is 0 Å². The maximum atomic E-state index is 11.1. The topological polar surface area (TPSA) is 163 Å². The molecule has 41 heavy (non-hydrogen) atoms. The summed E-state index contributed by atoms with van der Waals surface area (Å²) in [6.45, 7) is 24.1. The number of aliphatic hydroxyl groups is 1. The van der Waals surface area contributed by atoms with E-state index in [1.165, 1.54) is 47.1 Å². The van der Waals surface area contributed by atoms with Gasteiger partial charge in [0.05, 0.1) is 7.11 Å². The Morgan fingerprint density at radius 1 is 0.659 bits per heavy atom. The monoisotopic (exact) mass is 582 g/mol. The lowest BCUT2D eigenvalue weighted by Gasteiger charge is -2.21. The Hall–Kier alpha value is -3.99. The van der Waals surface area contributed by atoms with Gasteiger partial charge in [0.15, 0.2) is 0 Å². The Balaban J connectivity index is -0.000000507. The Morgan fingerprint density at radius 3 is 1.24 bits per heavy atom. The van der Waals surface area contributed by atoms with Crippen LogP contribution < -0.4 is 0 Å². The molecule has 0 aromatic heterocycles. The van der Waals surface area contributed by atoms with Crippen LogP contribution in [-0.4, -0.2) is 72.6 Å². The summed E-state index contributed by atoms with van der Waals surface area (Å²) in [5.41, 5.74) is 1.59. The largest absolute Gasteiger partial charge is 0.478 e. The molecule has 1 rings (SSSR count). The second-order valence-corrected chi connectivity index (χ2v) is 9.21. The smallest absolute Gasteiger partial charge is 0.333 e. The molecule has 0 heterocycles. The lowest BCUT2D eigenvalue weighted by atomic mass is 9.98. The van der Waals surface area contributed by atoms with Crippen molar-refractivity contribution in [1.82, 2.24) is 0 Å². The number of carboxylic acid groups (broad SMARTS) is 1. The van der Waals surface area contributed by atoms with Crippen LogP contribution in [0.3, 0.4) is 0 Å². The molecule has 2 N–H and O–H groups in total. The van der Waals surface area contributed by atoms with Crippen molar-refractivity contribution in [3.8, 4) is 0 Å². The molecular formula is C30H46O11. The van der Waals surface area contributed by atoms with Gasteiger partial charge in [-0.3, -0.25) is 0 Å². The first-order chi connectivity index (χ1) is 18.9. The molecule has 0 unspecified atom stereocenters. The summed E-state index contributed by atoms with van der Waals surface area (Å²) in [4.78, 5) is 52.8. The van der Waals surface area contributed by atoms with E-state index in [1.807, 2.05) is 0 Å². The average molecular weight is 583 g/mol. The van der Waals surface area contributed by atoms with Crippen LogP contribution in [0.15, 0.2) is 60.8 Å². The highest BCUT2D eigenvalue weighted by Gasteiger charge is 2.17. The third kappa shape index (κ3) is 26.0. The van der Waals surface area contributed by atoms with Crippen LogP contribution >= 0.6 is 0 Å². The zero-order valence-corrected chi connectivity index (χ0v) is 25.2. The highest BCUT2D eigenvalue weighted by molar-refractivity contribution is 5.88. The molecule has 1 fully saturated rings. The first kappa shape index (κ1) is 41.5. The zero-order chi connectivity index (χ0) is 32.7. The number of hydrogen-bond acceptors (Lipinski definition) is 10. The SMILES string of the molecule is C=C(C)C(=O)O.C=C(C)C(=O)OC.C=C(C)C(=O)OC1CCCCC1.C=C(C)C(=O)OCC(O)COC(=O)C(=C)C. The number of carbonyl (C=O) groups is 5. The van der Waals surface area contributed by atoms with Gasteiger partial charge < -0.3 is 29.2 Å². The molecule has 11 nitrogen and oxygen atoms in total. The van der Waals surface area contributed by atoms with E-state index < -0.39 is 24.0 Å². The molecule has 1 saturated carbocycles. The van der Waals surface area contributed by atoms with E-state index in [9.17, 15) is 29.1 Å². The van der Waals surface area contributed by atoms with E-state index in [4.69, 9.17) is 9.84 Å². The molecular weight excluding hydrogens is 536 g/mol. The van der Waals surface area contributed by atoms with Crippen LogP contribution in [0.25, 0.3) is 0 Å². The Kier molecular flexibility index (Phi) is 24.1. The number of aliphatic hydroxyl groups excluding tert-OH is 1. The van der Waals surface area contributed by atoms with E-state index in [1.54, 1.807) is 13.8 Å². The lowest BCUT2D eigenvalue weighted by molar-refractivity contribution is -0.148. The minimum atomic E-state index is -1.05. The van der Waals surface area contributed by atoms with E-state index in [2.05, 4.69) is 47.1 Å². The molecule has 0 aliphatic heterocycles. The molecule has 0 aromatic rings. The van der Waals surface area contributed by atoms with Crippen LogP contribution in [0.1, 0.15) is 66.7 Å². The first-order valence-electron chi connectivity index (χ1n) is 12.7. The molecule has 1 aliphatic carbocycles. The van der Waals surface area contributed by atoms with Crippen LogP contribution in [0.2, 0.25) is 0 Å². The van der Waals surface area contributed by atoms with Crippen LogP contribution in [-0.2, 0) is 42.9 Å². The van der Waals surface area contributed by atoms with Gasteiger partial charge in [-0.15, -0.1) is 0 Å². The maximum absolute atomic E-state index is 11.1. The van der Waals surface area contributed by atoms with Crippen molar-refractivity contribution in [3.63, 3.8) is 0 Å². The number of hydrogen-bond donors (Lipinski definition) is 2. The third-order valence-corrected chi connectivity index (χ3v) is 4.58. The standard InChI is InChI=1S/C11H16O5.C10H16O2.C5H8O2.C4H6O2/c1-7(2)10(13)15-5-9(12)6-16-11(14)8(3)4;1-8(2)10(11)12-9-6-4-3-5-7-9;1-4(2)5(6)7-3;1-3(2)4(5)6/h9,12H,1,3,5-6H2,2,4H3;9H,1,3-7H2,2H3;1H2,2-3H3;1H2,2H3,(H,5,6). The van der Waals surface area contributed by atoms with Gasteiger partial charge >= 0.3 is 29.8 Å². The van der Waals surface area contributed by atoms with Crippen molar-refractivity contribution < 1.29 is 53.1 Å². The second-order valence-electron chi connectivity index (χ2n) is 9.21. The first-order valence-corrected chi connectivity index (χ1v) is 12.7. The number of aliphatic carboxylic acids is 1. The van der Waals surface area contributed by atoms with Crippen molar-refractivity contribution >= 4 is 29.8 Å². The minimum Gasteiger partial charge on any atom is -0.478 e. The van der Waals surface area contributed by atoms with Crippen LogP contribution in [0, 0.1) is 0 Å². The van der Waals surface area contributed by atoms with Gasteiger partial charge in [0, 0.05) is 27.9 Å². The molecule has 1 aliphatic rings. The van der Waals surface area contributed by atoms with Gasteiger partial charge in [-0.05, 0) is 60.3 Å². The van der Waals surface area contributed by atoms with Gasteiger partial charge in [-0.25, -0.2) is 24.0 Å². The van der Waals surface area contributed by atoms with Crippen molar-refractivity contribution in [2.24, 2.45) is 0 Å². The Bertz CT molecular complexity index is 911. The van der Waals surface area contributed by atoms with Gasteiger partial charge in [0.2, 0.25) is 0 Å². The summed E-state index contributed by atoms with van der Waals surface area (Å²) in [5.74, 6) is -2.70. The molecule has 0 radical (unpaired) electrons. The van der Waals surface area contributed by atoms with E-state index in [0.717, 1.165) is 12.8 Å². The quantitative estimate of drug-likeness (QED) is 0.213. The van der Waals surface area contributed by atoms with Gasteiger partial charge in [0.25, 0.3) is 0 Å². The summed E-state index contributed by atoms with van der Waals surface area (Å²) < 4.78 is 18.8.